The van der Waals surface area contributed by atoms with Crippen LogP contribution < -0.4 is 5.32 Å². The summed E-state index contributed by atoms with van der Waals surface area (Å²) in [7, 11) is 0. The lowest BCUT2D eigenvalue weighted by atomic mass is 10.2. The lowest BCUT2D eigenvalue weighted by Crippen LogP contribution is -2.08. The van der Waals surface area contributed by atoms with Crippen LogP contribution in [0.4, 0.5) is 18.3 Å². The van der Waals surface area contributed by atoms with Crippen LogP contribution in [0.3, 0.4) is 0 Å². The van der Waals surface area contributed by atoms with E-state index in [0.717, 1.165) is 20.9 Å². The fourth-order valence-electron chi connectivity index (χ4n) is 1.81. The zero-order valence-corrected chi connectivity index (χ0v) is 11.4. The Morgan fingerprint density at radius 3 is 2.74 bits per heavy atom. The van der Waals surface area contributed by atoms with E-state index in [4.69, 9.17) is 0 Å². The van der Waals surface area contributed by atoms with Gasteiger partial charge in [-0.25, -0.2) is 4.98 Å². The van der Waals surface area contributed by atoms with Crippen LogP contribution in [0.25, 0.3) is 10.2 Å². The summed E-state index contributed by atoms with van der Waals surface area (Å²) in [5, 5.41) is 3.86. The largest absolute Gasteiger partial charge is 0.389 e. The molecule has 0 aliphatic rings. The number of nitrogens with one attached hydrogen (secondary N) is 1. The number of alkyl halides is 3. The summed E-state index contributed by atoms with van der Waals surface area (Å²) in [4.78, 5) is 4.44. The molecule has 0 aliphatic heterocycles. The molecular weight excluding hydrogens is 273 g/mol. The van der Waals surface area contributed by atoms with E-state index in [1.54, 1.807) is 0 Å². The Morgan fingerprint density at radius 2 is 2.05 bits per heavy atom. The predicted molar refractivity (Wildman–Crippen MR) is 72.8 cm³/mol. The second-order valence-corrected chi connectivity index (χ2v) is 5.47. The van der Waals surface area contributed by atoms with Gasteiger partial charge in [0.25, 0.3) is 0 Å². The fourth-order valence-corrected chi connectivity index (χ4v) is 2.78. The Kier molecular flexibility index (Phi) is 4.29. The zero-order valence-electron chi connectivity index (χ0n) is 10.5. The number of hydrogen-bond acceptors (Lipinski definition) is 3. The van der Waals surface area contributed by atoms with Gasteiger partial charge in [-0.15, -0.1) is 0 Å². The number of para-hydroxylation sites is 1. The van der Waals surface area contributed by atoms with E-state index in [9.17, 15) is 13.2 Å². The first-order chi connectivity index (χ1) is 8.96. The van der Waals surface area contributed by atoms with Crippen molar-refractivity contribution in [3.63, 3.8) is 0 Å². The van der Waals surface area contributed by atoms with Crippen LogP contribution in [0.1, 0.15) is 24.8 Å². The summed E-state index contributed by atoms with van der Waals surface area (Å²) in [5.41, 5.74) is 2.07. The van der Waals surface area contributed by atoms with Gasteiger partial charge in [-0.1, -0.05) is 23.5 Å². The summed E-state index contributed by atoms with van der Waals surface area (Å²) in [5.74, 6) is 0. The van der Waals surface area contributed by atoms with Crippen LogP contribution in [0.5, 0.6) is 0 Å². The van der Waals surface area contributed by atoms with Gasteiger partial charge in [0, 0.05) is 13.0 Å². The SMILES string of the molecule is Cc1cccc2sc(NCCCCC(F)(F)F)nc12. The Labute approximate surface area is 113 Å². The highest BCUT2D eigenvalue weighted by atomic mass is 32.1. The first kappa shape index (κ1) is 14.1. The number of hydrogen-bond donors (Lipinski definition) is 1. The van der Waals surface area contributed by atoms with Crippen LogP contribution in [0.2, 0.25) is 0 Å². The van der Waals surface area contributed by atoms with Crippen molar-refractivity contribution in [1.82, 2.24) is 4.98 Å². The van der Waals surface area contributed by atoms with Crippen molar-refractivity contribution >= 4 is 26.7 Å². The molecule has 104 valence electrons. The second-order valence-electron chi connectivity index (χ2n) is 4.44. The zero-order chi connectivity index (χ0) is 13.9. The van der Waals surface area contributed by atoms with Crippen molar-refractivity contribution in [3.05, 3.63) is 23.8 Å². The summed E-state index contributed by atoms with van der Waals surface area (Å²) < 4.78 is 37.0. The van der Waals surface area contributed by atoms with Crippen molar-refractivity contribution in [1.29, 1.82) is 0 Å². The normalized spacial score (nSPS) is 12.0. The molecular formula is C13H15F3N2S. The third-order valence-electron chi connectivity index (χ3n) is 2.78. The van der Waals surface area contributed by atoms with Gasteiger partial charge in [-0.05, 0) is 31.4 Å². The van der Waals surface area contributed by atoms with Crippen LogP contribution in [-0.4, -0.2) is 17.7 Å². The van der Waals surface area contributed by atoms with Crippen LogP contribution >= 0.6 is 11.3 Å². The number of anilines is 1. The highest BCUT2D eigenvalue weighted by Gasteiger charge is 2.25. The molecule has 0 saturated carbocycles. The average molecular weight is 288 g/mol. The highest BCUT2D eigenvalue weighted by Crippen LogP contribution is 2.28. The summed E-state index contributed by atoms with van der Waals surface area (Å²) in [6.07, 6.45) is -4.12. The van der Waals surface area contributed by atoms with Crippen molar-refractivity contribution in [3.8, 4) is 0 Å². The van der Waals surface area contributed by atoms with Crippen LogP contribution in [0, 0.1) is 6.92 Å². The topological polar surface area (TPSA) is 24.9 Å². The molecule has 0 spiro atoms. The number of benzene rings is 1. The van der Waals surface area contributed by atoms with Gasteiger partial charge >= 0.3 is 6.18 Å². The van der Waals surface area contributed by atoms with E-state index in [1.807, 2.05) is 25.1 Å². The number of aromatic nitrogens is 1. The van der Waals surface area contributed by atoms with Crippen molar-refractivity contribution < 1.29 is 13.2 Å². The molecule has 6 heteroatoms. The van der Waals surface area contributed by atoms with Gasteiger partial charge < -0.3 is 5.32 Å². The molecule has 0 radical (unpaired) electrons. The van der Waals surface area contributed by atoms with Gasteiger partial charge in [0.1, 0.15) is 0 Å². The average Bonchev–Trinajstić information content (AvgIpc) is 2.71. The number of rotatable bonds is 5. The van der Waals surface area contributed by atoms with E-state index < -0.39 is 12.6 Å². The van der Waals surface area contributed by atoms with Gasteiger partial charge in [-0.3, -0.25) is 0 Å². The molecule has 1 aromatic carbocycles. The first-order valence-electron chi connectivity index (χ1n) is 6.12. The molecule has 0 unspecified atom stereocenters. The molecule has 1 N–H and O–H groups in total. The van der Waals surface area contributed by atoms with Gasteiger partial charge in [0.2, 0.25) is 0 Å². The molecule has 0 fully saturated rings. The maximum atomic E-state index is 12.0. The van der Waals surface area contributed by atoms with Gasteiger partial charge in [-0.2, -0.15) is 13.2 Å². The molecule has 1 heterocycles. The van der Waals surface area contributed by atoms with E-state index in [0.29, 0.717) is 13.0 Å². The quantitative estimate of drug-likeness (QED) is 0.803. The summed E-state index contributed by atoms with van der Waals surface area (Å²) in [6, 6.07) is 5.97. The number of fused-ring (bicyclic) bond motifs is 1. The van der Waals surface area contributed by atoms with E-state index in [1.165, 1.54) is 11.3 Å². The van der Waals surface area contributed by atoms with E-state index in [-0.39, 0.29) is 6.42 Å². The van der Waals surface area contributed by atoms with Crippen LogP contribution in [-0.2, 0) is 0 Å². The molecule has 2 rings (SSSR count). The maximum Gasteiger partial charge on any atom is 0.389 e. The second kappa shape index (κ2) is 5.77. The Bertz CT molecular complexity index is 548. The molecule has 0 amide bonds. The number of unbranched alkanes of at least 4 members (excludes halogenated alkanes) is 1. The van der Waals surface area contributed by atoms with Crippen LogP contribution in [0.15, 0.2) is 18.2 Å². The molecule has 0 bridgehead atoms. The minimum atomic E-state index is -4.05. The number of halogens is 3. The molecule has 1 aromatic heterocycles. The minimum Gasteiger partial charge on any atom is -0.361 e. The first-order valence-corrected chi connectivity index (χ1v) is 6.94. The molecule has 0 aliphatic carbocycles. The monoisotopic (exact) mass is 288 g/mol. The Morgan fingerprint density at radius 1 is 1.26 bits per heavy atom. The maximum absolute atomic E-state index is 12.0. The minimum absolute atomic E-state index is 0.153. The molecule has 0 atom stereocenters. The lowest BCUT2D eigenvalue weighted by Gasteiger charge is -2.05. The molecule has 2 nitrogen and oxygen atoms in total. The fraction of sp³-hybridized carbons (Fsp3) is 0.462. The number of thiazole rings is 1. The summed E-state index contributed by atoms with van der Waals surface area (Å²) >= 11 is 1.53. The standard InChI is InChI=1S/C13H15F3N2S/c1-9-5-4-6-10-11(9)18-12(19-10)17-8-3-2-7-13(14,15)16/h4-6H,2-3,7-8H2,1H3,(H,17,18). The molecule has 2 aromatic rings. The Hall–Kier alpha value is -1.30. The summed E-state index contributed by atoms with van der Waals surface area (Å²) in [6.45, 7) is 2.52. The van der Waals surface area contributed by atoms with Crippen molar-refractivity contribution in [2.24, 2.45) is 0 Å². The highest BCUT2D eigenvalue weighted by molar-refractivity contribution is 7.22. The smallest absolute Gasteiger partial charge is 0.361 e. The van der Waals surface area contributed by atoms with E-state index >= 15 is 0 Å². The predicted octanol–water partition coefficient (Wildman–Crippen LogP) is 4.75. The van der Waals surface area contributed by atoms with Gasteiger partial charge in [0.05, 0.1) is 10.2 Å². The van der Waals surface area contributed by atoms with Crippen molar-refractivity contribution in [2.45, 2.75) is 32.4 Å². The lowest BCUT2D eigenvalue weighted by molar-refractivity contribution is -0.135. The third-order valence-corrected chi connectivity index (χ3v) is 3.76. The van der Waals surface area contributed by atoms with E-state index in [2.05, 4.69) is 10.3 Å². The van der Waals surface area contributed by atoms with Gasteiger partial charge in [0.15, 0.2) is 5.13 Å². The Balaban J connectivity index is 1.84. The molecule has 19 heavy (non-hydrogen) atoms. The number of nitrogens with zero attached hydrogens (tertiary/aromatic N) is 1. The van der Waals surface area contributed by atoms with Crippen molar-refractivity contribution in [2.75, 3.05) is 11.9 Å². The molecule has 0 saturated heterocycles. The third kappa shape index (κ3) is 4.09. The number of aryl methyl sites for hydroxylation is 1.